The van der Waals surface area contributed by atoms with Crippen molar-refractivity contribution >= 4 is 11.8 Å². The number of allylic oxidation sites excluding steroid dienone is 1. The topological polar surface area (TPSA) is 79.9 Å². The molecule has 2 aliphatic heterocycles. The smallest absolute Gasteiger partial charge is 0.255 e. The molecule has 1 unspecified atom stereocenters. The molecule has 2 aliphatic carbocycles. The summed E-state index contributed by atoms with van der Waals surface area (Å²) in [5.74, 6) is 1.34. The molecular formula is C29H41N3O4. The van der Waals surface area contributed by atoms with Gasteiger partial charge in [0.15, 0.2) is 0 Å². The van der Waals surface area contributed by atoms with E-state index < -0.39 is 6.04 Å². The van der Waals surface area contributed by atoms with Crippen molar-refractivity contribution in [3.05, 3.63) is 41.6 Å². The van der Waals surface area contributed by atoms with E-state index in [4.69, 9.17) is 9.47 Å². The maximum Gasteiger partial charge on any atom is 0.255 e. The first-order valence-corrected chi connectivity index (χ1v) is 13.9. The van der Waals surface area contributed by atoms with Crippen LogP contribution in [0.2, 0.25) is 0 Å². The Morgan fingerprint density at radius 2 is 1.86 bits per heavy atom. The van der Waals surface area contributed by atoms with Gasteiger partial charge in [-0.3, -0.25) is 9.59 Å². The van der Waals surface area contributed by atoms with Crippen molar-refractivity contribution in [2.75, 3.05) is 13.7 Å². The summed E-state index contributed by atoms with van der Waals surface area (Å²) >= 11 is 0. The van der Waals surface area contributed by atoms with Crippen LogP contribution in [0, 0.1) is 5.92 Å². The molecule has 0 spiro atoms. The zero-order valence-electron chi connectivity index (χ0n) is 21.6. The van der Waals surface area contributed by atoms with Gasteiger partial charge in [-0.2, -0.15) is 0 Å². The minimum Gasteiger partial charge on any atom is -0.489 e. The number of hydrogen-bond donors (Lipinski definition) is 2. The van der Waals surface area contributed by atoms with Gasteiger partial charge in [0.1, 0.15) is 17.9 Å². The minimum absolute atomic E-state index is 0.0681. The summed E-state index contributed by atoms with van der Waals surface area (Å²) in [6, 6.07) is 5.73. The van der Waals surface area contributed by atoms with E-state index in [-0.39, 0.29) is 17.9 Å². The van der Waals surface area contributed by atoms with E-state index in [1.165, 1.54) is 32.1 Å². The normalized spacial score (nSPS) is 31.1. The Morgan fingerprint density at radius 1 is 1.06 bits per heavy atom. The molecule has 2 N–H and O–H groups in total. The van der Waals surface area contributed by atoms with Crippen molar-refractivity contribution in [1.82, 2.24) is 15.5 Å². The second-order valence-electron chi connectivity index (χ2n) is 11.1. The Morgan fingerprint density at radius 3 is 2.64 bits per heavy atom. The van der Waals surface area contributed by atoms with Crippen molar-refractivity contribution in [2.24, 2.45) is 5.92 Å². The molecule has 2 heterocycles. The van der Waals surface area contributed by atoms with E-state index in [9.17, 15) is 9.59 Å². The third kappa shape index (κ3) is 5.62. The number of nitrogens with one attached hydrogen (secondary N) is 2. The van der Waals surface area contributed by atoms with Gasteiger partial charge in [-0.15, -0.1) is 0 Å². The number of nitrogens with zero attached hydrogens (tertiary/aromatic N) is 1. The first-order valence-electron chi connectivity index (χ1n) is 13.9. The van der Waals surface area contributed by atoms with Crippen molar-refractivity contribution in [2.45, 2.75) is 101 Å². The highest BCUT2D eigenvalue weighted by molar-refractivity contribution is 6.01. The molecule has 3 atom stereocenters. The molecular weight excluding hydrogens is 454 g/mol. The van der Waals surface area contributed by atoms with Gasteiger partial charge < -0.3 is 25.0 Å². The zero-order valence-corrected chi connectivity index (χ0v) is 21.6. The van der Waals surface area contributed by atoms with Crippen LogP contribution in [-0.4, -0.2) is 54.7 Å². The van der Waals surface area contributed by atoms with Crippen LogP contribution in [0.25, 0.3) is 0 Å². The zero-order chi connectivity index (χ0) is 25.1. The number of fused-ring (bicyclic) bond motifs is 1. The second-order valence-corrected chi connectivity index (χ2v) is 11.1. The van der Waals surface area contributed by atoms with Crippen LogP contribution in [0.15, 0.2) is 30.5 Å². The average molecular weight is 496 g/mol. The number of amides is 2. The van der Waals surface area contributed by atoms with Gasteiger partial charge >= 0.3 is 0 Å². The third-order valence-corrected chi connectivity index (χ3v) is 8.64. The molecule has 36 heavy (non-hydrogen) atoms. The highest BCUT2D eigenvalue weighted by Crippen LogP contribution is 2.32. The maximum absolute atomic E-state index is 13.1. The predicted octanol–water partition coefficient (Wildman–Crippen LogP) is 4.31. The Balaban J connectivity index is 1.21. The third-order valence-electron chi connectivity index (χ3n) is 8.64. The van der Waals surface area contributed by atoms with E-state index in [2.05, 4.69) is 17.2 Å². The van der Waals surface area contributed by atoms with E-state index >= 15 is 0 Å². The molecule has 3 fully saturated rings. The standard InChI is InChI=1S/C29H41N3O4/c1-19-8-15-26(28(33)31-19)32-18-21-16-23(13-14-24(21)29(32)34)36-27-7-5-3-4-6-25(27)30-17-20-9-11-22(35-2)12-10-20/h13-14,16,20,22,25-27,30H,1,3-12,15,17-18H2,2H3,(H,31,33)/t20?,22?,25-,26?,27-/m1/s1. The summed E-state index contributed by atoms with van der Waals surface area (Å²) in [5.41, 5.74) is 2.36. The summed E-state index contributed by atoms with van der Waals surface area (Å²) in [6.45, 7) is 5.34. The van der Waals surface area contributed by atoms with Crippen LogP contribution in [-0.2, 0) is 16.1 Å². The van der Waals surface area contributed by atoms with Gasteiger partial charge in [-0.05, 0) is 94.0 Å². The Kier molecular flexibility index (Phi) is 7.96. The van der Waals surface area contributed by atoms with Crippen molar-refractivity contribution in [3.8, 4) is 5.75 Å². The highest BCUT2D eigenvalue weighted by atomic mass is 16.5. The number of piperidine rings is 1. The molecule has 2 amide bonds. The second kappa shape index (κ2) is 11.3. The molecule has 2 saturated carbocycles. The first-order chi connectivity index (χ1) is 17.5. The fourth-order valence-corrected chi connectivity index (χ4v) is 6.42. The molecule has 7 nitrogen and oxygen atoms in total. The molecule has 0 radical (unpaired) electrons. The summed E-state index contributed by atoms with van der Waals surface area (Å²) in [5, 5.41) is 6.68. The van der Waals surface area contributed by atoms with E-state index in [0.717, 1.165) is 49.2 Å². The summed E-state index contributed by atoms with van der Waals surface area (Å²) < 4.78 is 12.1. The predicted molar refractivity (Wildman–Crippen MR) is 139 cm³/mol. The van der Waals surface area contributed by atoms with Crippen LogP contribution in [0.3, 0.4) is 0 Å². The van der Waals surface area contributed by atoms with Gasteiger partial charge in [0.2, 0.25) is 5.91 Å². The van der Waals surface area contributed by atoms with Crippen molar-refractivity contribution in [1.29, 1.82) is 0 Å². The first kappa shape index (κ1) is 25.3. The van der Waals surface area contributed by atoms with Gasteiger partial charge in [0.25, 0.3) is 5.91 Å². The molecule has 0 bridgehead atoms. The number of hydrogen-bond acceptors (Lipinski definition) is 5. The molecule has 7 heteroatoms. The van der Waals surface area contributed by atoms with Gasteiger partial charge in [0, 0.05) is 31.0 Å². The van der Waals surface area contributed by atoms with E-state index in [1.54, 1.807) is 4.90 Å². The number of benzene rings is 1. The summed E-state index contributed by atoms with van der Waals surface area (Å²) in [6.07, 6.45) is 12.5. The maximum atomic E-state index is 13.1. The minimum atomic E-state index is -0.436. The molecule has 1 aromatic rings. The van der Waals surface area contributed by atoms with Crippen LogP contribution in [0.1, 0.15) is 86.6 Å². The van der Waals surface area contributed by atoms with Crippen LogP contribution >= 0.6 is 0 Å². The van der Waals surface area contributed by atoms with Crippen LogP contribution < -0.4 is 15.4 Å². The van der Waals surface area contributed by atoms with Crippen LogP contribution in [0.4, 0.5) is 0 Å². The monoisotopic (exact) mass is 495 g/mol. The quantitative estimate of drug-likeness (QED) is 0.551. The molecule has 5 rings (SSSR count). The van der Waals surface area contributed by atoms with Gasteiger partial charge in [-0.1, -0.05) is 19.4 Å². The lowest BCUT2D eigenvalue weighted by molar-refractivity contribution is -0.126. The number of ether oxygens (including phenoxy) is 2. The lowest BCUT2D eigenvalue weighted by Gasteiger charge is -2.32. The molecule has 1 aromatic carbocycles. The number of methoxy groups -OCH3 is 1. The number of carbonyl (C=O) groups excluding carboxylic acids is 2. The van der Waals surface area contributed by atoms with Gasteiger partial charge in [0.05, 0.1) is 6.10 Å². The Labute approximate surface area is 215 Å². The Hall–Kier alpha value is -2.38. The van der Waals surface area contributed by atoms with E-state index in [1.807, 2.05) is 25.3 Å². The molecule has 4 aliphatic rings. The fourth-order valence-electron chi connectivity index (χ4n) is 6.42. The van der Waals surface area contributed by atoms with Crippen LogP contribution in [0.5, 0.6) is 5.75 Å². The number of rotatable bonds is 7. The van der Waals surface area contributed by atoms with E-state index in [0.29, 0.717) is 43.0 Å². The molecule has 1 saturated heterocycles. The number of carbonyl (C=O) groups is 2. The SMILES string of the molecule is C=C1CCC(N2Cc3cc(O[C@@H]4CCCCC[C@H]4NCC4CCC(OC)CC4)ccc3C2=O)C(=O)N1. The fraction of sp³-hybridized carbons (Fsp3) is 0.655. The summed E-state index contributed by atoms with van der Waals surface area (Å²) in [7, 11) is 1.83. The van der Waals surface area contributed by atoms with Gasteiger partial charge in [-0.25, -0.2) is 0 Å². The largest absolute Gasteiger partial charge is 0.489 e. The summed E-state index contributed by atoms with van der Waals surface area (Å²) in [4.78, 5) is 27.3. The average Bonchev–Trinajstić information content (AvgIpc) is 3.04. The van der Waals surface area contributed by atoms with Crippen molar-refractivity contribution in [3.63, 3.8) is 0 Å². The van der Waals surface area contributed by atoms with Crippen molar-refractivity contribution < 1.29 is 19.1 Å². The molecule has 196 valence electrons. The Bertz CT molecular complexity index is 971. The lowest BCUT2D eigenvalue weighted by atomic mass is 9.87. The highest BCUT2D eigenvalue weighted by Gasteiger charge is 2.38. The molecule has 0 aromatic heterocycles. The lowest BCUT2D eigenvalue weighted by Crippen LogP contribution is -2.49.